The molecule has 0 radical (unpaired) electrons. The van der Waals surface area contributed by atoms with Crippen molar-refractivity contribution in [1.82, 2.24) is 0 Å². The van der Waals surface area contributed by atoms with Crippen LogP contribution in [0.2, 0.25) is 0 Å². The fourth-order valence-electron chi connectivity index (χ4n) is 0.653. The minimum absolute atomic E-state index is 0.109. The molecule has 0 saturated carbocycles. The summed E-state index contributed by atoms with van der Waals surface area (Å²) >= 11 is 0. The fraction of sp³-hybridized carbons (Fsp3) is 0.750. The standard InChI is InChI=1S/C8H13NO3/c1-3-12-8(11)4-7(10)6(2)5-9/h6-7,10H,3-4H2,1-2H3. The SMILES string of the molecule is CCOC(=O)CC(O)C(C)C#N. The Labute approximate surface area is 71.8 Å². The Balaban J connectivity index is 3.77. The minimum atomic E-state index is -0.922. The first kappa shape index (κ1) is 10.9. The smallest absolute Gasteiger partial charge is 0.308 e. The van der Waals surface area contributed by atoms with Crippen LogP contribution in [0.15, 0.2) is 0 Å². The lowest BCUT2D eigenvalue weighted by Gasteiger charge is -2.10. The monoisotopic (exact) mass is 171 g/mol. The quantitative estimate of drug-likeness (QED) is 0.624. The molecule has 2 atom stereocenters. The summed E-state index contributed by atoms with van der Waals surface area (Å²) in [6.45, 7) is 3.55. The van der Waals surface area contributed by atoms with Crippen molar-refractivity contribution in [3.8, 4) is 6.07 Å². The van der Waals surface area contributed by atoms with Gasteiger partial charge in [-0.15, -0.1) is 0 Å². The van der Waals surface area contributed by atoms with E-state index >= 15 is 0 Å². The predicted molar refractivity (Wildman–Crippen MR) is 42.0 cm³/mol. The van der Waals surface area contributed by atoms with Crippen LogP contribution in [0, 0.1) is 17.2 Å². The molecule has 0 saturated heterocycles. The zero-order chi connectivity index (χ0) is 9.56. The van der Waals surface area contributed by atoms with E-state index in [0.29, 0.717) is 6.61 Å². The van der Waals surface area contributed by atoms with Gasteiger partial charge in [0.05, 0.1) is 31.1 Å². The summed E-state index contributed by atoms with van der Waals surface area (Å²) in [4.78, 5) is 10.8. The van der Waals surface area contributed by atoms with E-state index in [-0.39, 0.29) is 6.42 Å². The number of ether oxygens (including phenoxy) is 1. The van der Waals surface area contributed by atoms with Gasteiger partial charge in [-0.05, 0) is 13.8 Å². The first-order chi connectivity index (χ1) is 5.61. The Morgan fingerprint density at radius 1 is 1.75 bits per heavy atom. The van der Waals surface area contributed by atoms with Crippen molar-refractivity contribution in [2.24, 2.45) is 5.92 Å². The van der Waals surface area contributed by atoms with E-state index in [1.54, 1.807) is 13.8 Å². The summed E-state index contributed by atoms with van der Waals surface area (Å²) in [5.74, 6) is -0.999. The van der Waals surface area contributed by atoms with Gasteiger partial charge in [0.25, 0.3) is 0 Å². The Hall–Kier alpha value is -1.08. The third-order valence-corrected chi connectivity index (χ3v) is 1.46. The lowest BCUT2D eigenvalue weighted by Crippen LogP contribution is -2.21. The number of hydrogen-bond donors (Lipinski definition) is 1. The van der Waals surface area contributed by atoms with Gasteiger partial charge in [0.2, 0.25) is 0 Å². The molecule has 4 heteroatoms. The molecule has 0 bridgehead atoms. The highest BCUT2D eigenvalue weighted by Crippen LogP contribution is 2.06. The maximum atomic E-state index is 10.8. The third kappa shape index (κ3) is 3.94. The molecule has 0 fully saturated rings. The predicted octanol–water partition coefficient (Wildman–Crippen LogP) is 0.460. The first-order valence-corrected chi connectivity index (χ1v) is 3.85. The second kappa shape index (κ2) is 5.56. The summed E-state index contributed by atoms with van der Waals surface area (Å²) in [6, 6.07) is 1.85. The van der Waals surface area contributed by atoms with Gasteiger partial charge in [-0.1, -0.05) is 0 Å². The number of hydrogen-bond acceptors (Lipinski definition) is 4. The zero-order valence-corrected chi connectivity index (χ0v) is 7.28. The maximum Gasteiger partial charge on any atom is 0.308 e. The number of nitrogens with zero attached hydrogens (tertiary/aromatic N) is 1. The van der Waals surface area contributed by atoms with Crippen molar-refractivity contribution in [2.45, 2.75) is 26.4 Å². The molecular weight excluding hydrogens is 158 g/mol. The van der Waals surface area contributed by atoms with Gasteiger partial charge < -0.3 is 9.84 Å². The molecule has 0 aromatic heterocycles. The highest BCUT2D eigenvalue weighted by Gasteiger charge is 2.17. The second-order valence-corrected chi connectivity index (χ2v) is 2.49. The number of esters is 1. The molecule has 0 rings (SSSR count). The first-order valence-electron chi connectivity index (χ1n) is 3.85. The number of aliphatic hydroxyl groups excluding tert-OH is 1. The highest BCUT2D eigenvalue weighted by atomic mass is 16.5. The van der Waals surface area contributed by atoms with Gasteiger partial charge in [-0.25, -0.2) is 0 Å². The van der Waals surface area contributed by atoms with E-state index in [0.717, 1.165) is 0 Å². The van der Waals surface area contributed by atoms with E-state index in [9.17, 15) is 9.90 Å². The molecule has 2 unspecified atom stereocenters. The Bertz CT molecular complexity index is 185. The molecule has 4 nitrogen and oxygen atoms in total. The van der Waals surface area contributed by atoms with Crippen molar-refractivity contribution in [3.05, 3.63) is 0 Å². The lowest BCUT2D eigenvalue weighted by atomic mass is 10.0. The molecule has 0 amide bonds. The van der Waals surface area contributed by atoms with Gasteiger partial charge in [0.1, 0.15) is 0 Å². The van der Waals surface area contributed by atoms with Crippen molar-refractivity contribution < 1.29 is 14.6 Å². The lowest BCUT2D eigenvalue weighted by molar-refractivity contribution is -0.145. The summed E-state index contributed by atoms with van der Waals surface area (Å²) in [5, 5.41) is 17.6. The summed E-state index contributed by atoms with van der Waals surface area (Å²) in [6.07, 6.45) is -1.03. The van der Waals surface area contributed by atoms with Gasteiger partial charge in [0, 0.05) is 0 Å². The Kier molecular flexibility index (Phi) is 5.06. The van der Waals surface area contributed by atoms with E-state index in [2.05, 4.69) is 4.74 Å². The minimum Gasteiger partial charge on any atom is -0.466 e. The van der Waals surface area contributed by atoms with E-state index < -0.39 is 18.0 Å². The van der Waals surface area contributed by atoms with Crippen molar-refractivity contribution >= 4 is 5.97 Å². The Morgan fingerprint density at radius 2 is 2.33 bits per heavy atom. The second-order valence-electron chi connectivity index (χ2n) is 2.49. The van der Waals surface area contributed by atoms with E-state index in [4.69, 9.17) is 5.26 Å². The van der Waals surface area contributed by atoms with Crippen LogP contribution in [-0.2, 0) is 9.53 Å². The number of carbonyl (C=O) groups excluding carboxylic acids is 1. The molecule has 0 aromatic carbocycles. The van der Waals surface area contributed by atoms with Crippen LogP contribution in [-0.4, -0.2) is 23.8 Å². The maximum absolute atomic E-state index is 10.8. The average Bonchev–Trinajstić information content (AvgIpc) is 2.03. The molecule has 12 heavy (non-hydrogen) atoms. The number of carbonyl (C=O) groups is 1. The van der Waals surface area contributed by atoms with Gasteiger partial charge in [-0.2, -0.15) is 5.26 Å². The largest absolute Gasteiger partial charge is 0.466 e. The summed E-state index contributed by atoms with van der Waals surface area (Å²) < 4.78 is 4.60. The number of aliphatic hydroxyl groups is 1. The van der Waals surface area contributed by atoms with Crippen LogP contribution >= 0.6 is 0 Å². The highest BCUT2D eigenvalue weighted by molar-refractivity contribution is 5.69. The van der Waals surface area contributed by atoms with Crippen molar-refractivity contribution in [3.63, 3.8) is 0 Å². The van der Waals surface area contributed by atoms with Crippen molar-refractivity contribution in [1.29, 1.82) is 5.26 Å². The van der Waals surface area contributed by atoms with Crippen LogP contribution in [0.3, 0.4) is 0 Å². The normalized spacial score (nSPS) is 14.5. The Morgan fingerprint density at radius 3 is 2.75 bits per heavy atom. The number of nitriles is 1. The van der Waals surface area contributed by atoms with Crippen LogP contribution in [0.25, 0.3) is 0 Å². The zero-order valence-electron chi connectivity index (χ0n) is 7.28. The molecule has 0 aliphatic carbocycles. The van der Waals surface area contributed by atoms with Crippen LogP contribution in [0.1, 0.15) is 20.3 Å². The molecule has 0 aliphatic heterocycles. The van der Waals surface area contributed by atoms with Gasteiger partial charge in [0.15, 0.2) is 0 Å². The molecule has 1 N–H and O–H groups in total. The third-order valence-electron chi connectivity index (χ3n) is 1.46. The molecule has 0 aliphatic rings. The summed E-state index contributed by atoms with van der Waals surface area (Å²) in [7, 11) is 0. The van der Waals surface area contributed by atoms with Crippen LogP contribution in [0.4, 0.5) is 0 Å². The topological polar surface area (TPSA) is 70.3 Å². The molecule has 0 spiro atoms. The van der Waals surface area contributed by atoms with Crippen LogP contribution < -0.4 is 0 Å². The molecule has 68 valence electrons. The summed E-state index contributed by atoms with van der Waals surface area (Å²) in [5.41, 5.74) is 0. The fourth-order valence-corrected chi connectivity index (χ4v) is 0.653. The molecule has 0 aromatic rings. The van der Waals surface area contributed by atoms with E-state index in [1.807, 2.05) is 6.07 Å². The number of rotatable bonds is 4. The van der Waals surface area contributed by atoms with Gasteiger partial charge in [-0.3, -0.25) is 4.79 Å². The molecule has 0 heterocycles. The van der Waals surface area contributed by atoms with Crippen molar-refractivity contribution in [2.75, 3.05) is 6.61 Å². The average molecular weight is 171 g/mol. The van der Waals surface area contributed by atoms with Crippen LogP contribution in [0.5, 0.6) is 0 Å². The molecular formula is C8H13NO3. The van der Waals surface area contributed by atoms with Gasteiger partial charge >= 0.3 is 5.97 Å². The van der Waals surface area contributed by atoms with E-state index in [1.165, 1.54) is 0 Å².